The Morgan fingerprint density at radius 3 is 2.07 bits per heavy atom. The van der Waals surface area contributed by atoms with E-state index in [1.807, 2.05) is 0 Å². The van der Waals surface area contributed by atoms with Crippen LogP contribution in [0.3, 0.4) is 0 Å². The monoisotopic (exact) mass is 326 g/mol. The van der Waals surface area contributed by atoms with Crippen molar-refractivity contribution < 1.29 is 22.0 Å². The molecule has 82 valence electrons. The summed E-state index contributed by atoms with van der Waals surface area (Å²) < 4.78 is 61.7. The highest BCUT2D eigenvalue weighted by Gasteiger charge is 2.51. The molecule has 0 aliphatic heterocycles. The molecule has 0 N–H and O–H groups in total. The molecule has 1 aliphatic rings. The lowest BCUT2D eigenvalue weighted by Crippen LogP contribution is -2.32. The van der Waals surface area contributed by atoms with E-state index in [2.05, 4.69) is 0 Å². The molecule has 2 unspecified atom stereocenters. The largest absolute Gasteiger partial charge is 0.307 e. The first-order valence-corrected chi connectivity index (χ1v) is 5.35. The first-order chi connectivity index (χ1) is 6.37. The molecule has 0 radical (unpaired) electrons. The number of halogens is 6. The van der Waals surface area contributed by atoms with Gasteiger partial charge >= 0.3 is 12.0 Å². The minimum atomic E-state index is -4.01. The standard InChI is InChI=1S/C8H8F5I/c9-6(7(10)11)8(12,13)4-2-1-3-5(4)14/h4-5H,1-3H2. The first kappa shape index (κ1) is 12.2. The van der Waals surface area contributed by atoms with Crippen molar-refractivity contribution in [3.05, 3.63) is 11.9 Å². The van der Waals surface area contributed by atoms with Gasteiger partial charge in [0.2, 0.25) is 5.83 Å². The second-order valence-corrected chi connectivity index (χ2v) is 4.85. The molecule has 6 heteroatoms. The first-order valence-electron chi connectivity index (χ1n) is 4.10. The van der Waals surface area contributed by atoms with E-state index >= 15 is 0 Å². The molecular formula is C8H8F5I. The summed E-state index contributed by atoms with van der Waals surface area (Å²) >= 11 is 1.76. The minimum absolute atomic E-state index is 0.0985. The molecule has 14 heavy (non-hydrogen) atoms. The van der Waals surface area contributed by atoms with Crippen molar-refractivity contribution in [1.29, 1.82) is 0 Å². The van der Waals surface area contributed by atoms with Gasteiger partial charge in [-0.25, -0.2) is 0 Å². The summed E-state index contributed by atoms with van der Waals surface area (Å²) in [7, 11) is 0. The lowest BCUT2D eigenvalue weighted by molar-refractivity contribution is -0.0402. The summed E-state index contributed by atoms with van der Waals surface area (Å²) in [5.74, 6) is -7.88. The maximum Gasteiger partial charge on any atom is 0.307 e. The maximum atomic E-state index is 13.1. The van der Waals surface area contributed by atoms with Gasteiger partial charge in [-0.2, -0.15) is 22.0 Å². The van der Waals surface area contributed by atoms with E-state index in [9.17, 15) is 22.0 Å². The van der Waals surface area contributed by atoms with Crippen LogP contribution in [0.4, 0.5) is 22.0 Å². The van der Waals surface area contributed by atoms with Crippen LogP contribution in [-0.2, 0) is 0 Å². The predicted molar refractivity (Wildman–Crippen MR) is 50.4 cm³/mol. The zero-order valence-corrected chi connectivity index (χ0v) is 9.20. The van der Waals surface area contributed by atoms with E-state index < -0.39 is 27.7 Å². The second kappa shape index (κ2) is 4.32. The van der Waals surface area contributed by atoms with Crippen molar-refractivity contribution in [2.45, 2.75) is 29.1 Å². The van der Waals surface area contributed by atoms with E-state index in [0.29, 0.717) is 12.8 Å². The van der Waals surface area contributed by atoms with Gasteiger partial charge in [0.25, 0.3) is 0 Å². The van der Waals surface area contributed by atoms with Crippen LogP contribution in [0.1, 0.15) is 19.3 Å². The summed E-state index contributed by atoms with van der Waals surface area (Å²) in [6, 6.07) is 0. The molecule has 2 atom stereocenters. The smallest absolute Gasteiger partial charge is 0.199 e. The van der Waals surface area contributed by atoms with E-state index in [1.165, 1.54) is 0 Å². The molecule has 1 fully saturated rings. The molecule has 0 amide bonds. The molecule has 0 nitrogen and oxygen atoms in total. The third-order valence-corrected chi connectivity index (χ3v) is 3.85. The van der Waals surface area contributed by atoms with Crippen LogP contribution in [-0.4, -0.2) is 9.85 Å². The number of allylic oxidation sites excluding steroid dienone is 1. The zero-order valence-electron chi connectivity index (χ0n) is 7.04. The lowest BCUT2D eigenvalue weighted by Gasteiger charge is -2.23. The molecule has 1 aliphatic carbocycles. The minimum Gasteiger partial charge on any atom is -0.199 e. The van der Waals surface area contributed by atoms with Gasteiger partial charge in [0, 0.05) is 9.84 Å². The number of hydrogen-bond donors (Lipinski definition) is 0. The van der Waals surface area contributed by atoms with Crippen molar-refractivity contribution in [1.82, 2.24) is 0 Å². The van der Waals surface area contributed by atoms with E-state index in [1.54, 1.807) is 22.6 Å². The summed E-state index contributed by atoms with van der Waals surface area (Å²) in [5.41, 5.74) is 0. The third-order valence-electron chi connectivity index (χ3n) is 2.36. The average molecular weight is 326 g/mol. The Kier molecular flexibility index (Phi) is 3.76. The molecule has 0 spiro atoms. The van der Waals surface area contributed by atoms with Gasteiger partial charge in [0.15, 0.2) is 0 Å². The highest BCUT2D eigenvalue weighted by Crippen LogP contribution is 2.46. The fourth-order valence-corrected chi connectivity index (χ4v) is 2.86. The van der Waals surface area contributed by atoms with E-state index in [-0.39, 0.29) is 6.42 Å². The molecule has 0 bridgehead atoms. The van der Waals surface area contributed by atoms with E-state index in [0.717, 1.165) is 0 Å². The molecule has 0 saturated heterocycles. The predicted octanol–water partition coefficient (Wildman–Crippen LogP) is 4.30. The maximum absolute atomic E-state index is 13.1. The van der Waals surface area contributed by atoms with Gasteiger partial charge in [-0.3, -0.25) is 0 Å². The normalized spacial score (nSPS) is 27.9. The SMILES string of the molecule is FC(F)=C(F)C(F)(F)C1CCCC1I. The zero-order chi connectivity index (χ0) is 10.9. The Hall–Kier alpha value is 0.120. The quantitative estimate of drug-likeness (QED) is 0.403. The summed E-state index contributed by atoms with van der Waals surface area (Å²) in [6.45, 7) is 0. The van der Waals surface area contributed by atoms with Crippen molar-refractivity contribution in [3.8, 4) is 0 Å². The highest BCUT2D eigenvalue weighted by atomic mass is 127. The fourth-order valence-electron chi connectivity index (χ4n) is 1.61. The third kappa shape index (κ3) is 2.20. The molecule has 0 heterocycles. The Bertz CT molecular complexity index is 246. The van der Waals surface area contributed by atoms with Crippen LogP contribution in [0.25, 0.3) is 0 Å². The van der Waals surface area contributed by atoms with Crippen LogP contribution in [0.5, 0.6) is 0 Å². The van der Waals surface area contributed by atoms with Gasteiger partial charge in [0.05, 0.1) is 0 Å². The van der Waals surface area contributed by atoms with Crippen molar-refractivity contribution in [2.75, 3.05) is 0 Å². The van der Waals surface area contributed by atoms with E-state index in [4.69, 9.17) is 0 Å². The molecule has 0 aromatic heterocycles. The average Bonchev–Trinajstić information content (AvgIpc) is 2.50. The van der Waals surface area contributed by atoms with Gasteiger partial charge < -0.3 is 0 Å². The molecule has 1 saturated carbocycles. The van der Waals surface area contributed by atoms with Crippen LogP contribution < -0.4 is 0 Å². The van der Waals surface area contributed by atoms with Gasteiger partial charge in [-0.05, 0) is 12.8 Å². The van der Waals surface area contributed by atoms with Crippen molar-refractivity contribution in [3.63, 3.8) is 0 Å². The summed E-state index contributed by atoms with van der Waals surface area (Å²) in [5, 5.41) is 0. The van der Waals surface area contributed by atoms with Gasteiger partial charge in [0.1, 0.15) is 0 Å². The Balaban J connectivity index is 2.89. The summed E-state index contributed by atoms with van der Waals surface area (Å²) in [4.78, 5) is 0. The number of rotatable bonds is 2. The van der Waals surface area contributed by atoms with Crippen molar-refractivity contribution >= 4 is 22.6 Å². The lowest BCUT2D eigenvalue weighted by atomic mass is 9.99. The van der Waals surface area contributed by atoms with Gasteiger partial charge in [-0.1, -0.05) is 29.0 Å². The fraction of sp³-hybridized carbons (Fsp3) is 0.750. The Morgan fingerprint density at radius 1 is 1.14 bits per heavy atom. The van der Waals surface area contributed by atoms with Gasteiger partial charge in [-0.15, -0.1) is 0 Å². The number of alkyl halides is 3. The topological polar surface area (TPSA) is 0 Å². The molecule has 0 aromatic carbocycles. The van der Waals surface area contributed by atoms with Crippen LogP contribution >= 0.6 is 22.6 Å². The van der Waals surface area contributed by atoms with Crippen LogP contribution in [0, 0.1) is 5.92 Å². The Morgan fingerprint density at radius 2 is 1.71 bits per heavy atom. The van der Waals surface area contributed by atoms with Crippen LogP contribution in [0.2, 0.25) is 0 Å². The van der Waals surface area contributed by atoms with Crippen molar-refractivity contribution in [2.24, 2.45) is 5.92 Å². The summed E-state index contributed by atoms with van der Waals surface area (Å²) in [6.07, 6.45) is -1.75. The highest BCUT2D eigenvalue weighted by molar-refractivity contribution is 14.1. The molecule has 0 aromatic rings. The number of hydrogen-bond acceptors (Lipinski definition) is 0. The van der Waals surface area contributed by atoms with Crippen LogP contribution in [0.15, 0.2) is 11.9 Å². The molecule has 1 rings (SSSR count). The second-order valence-electron chi connectivity index (χ2n) is 3.25. The molecular weight excluding hydrogens is 318 g/mol. The Labute approximate surface area is 91.7 Å².